The summed E-state index contributed by atoms with van der Waals surface area (Å²) in [4.78, 5) is 22.9. The van der Waals surface area contributed by atoms with Crippen molar-refractivity contribution in [2.75, 3.05) is 42.2 Å². The molecule has 3 N–H and O–H groups in total. The van der Waals surface area contributed by atoms with Gasteiger partial charge in [-0.1, -0.05) is 26.0 Å². The van der Waals surface area contributed by atoms with Gasteiger partial charge in [-0.05, 0) is 65.4 Å². The van der Waals surface area contributed by atoms with Crippen molar-refractivity contribution < 1.29 is 9.53 Å². The van der Waals surface area contributed by atoms with Gasteiger partial charge in [0.25, 0.3) is 0 Å². The number of nitrogens with one attached hydrogen (secondary N) is 3. The summed E-state index contributed by atoms with van der Waals surface area (Å²) in [7, 11) is 0. The molecule has 0 spiro atoms. The van der Waals surface area contributed by atoms with Crippen molar-refractivity contribution in [3.8, 4) is 5.75 Å². The number of para-hydroxylation sites is 1. The van der Waals surface area contributed by atoms with E-state index in [2.05, 4.69) is 60.6 Å². The number of carbonyl (C=O) groups is 1. The minimum atomic E-state index is -0.396. The molecule has 0 unspecified atom stereocenters. The maximum atomic E-state index is 12.3. The number of hydrogen-bond donors (Lipinski definition) is 3. The molecule has 2 aromatic carbocycles. The lowest BCUT2D eigenvalue weighted by Crippen LogP contribution is -2.27. The molecule has 0 aliphatic carbocycles. The van der Waals surface area contributed by atoms with E-state index < -0.39 is 6.03 Å². The van der Waals surface area contributed by atoms with Crippen LogP contribution in [0.25, 0.3) is 0 Å². The third-order valence-corrected chi connectivity index (χ3v) is 5.42. The normalized spacial score (nSPS) is 10.6. The molecule has 3 aromatic rings. The number of rotatable bonds is 10. The number of aromatic nitrogens is 2. The Morgan fingerprint density at radius 3 is 2.44 bits per heavy atom. The second-order valence-electron chi connectivity index (χ2n) is 6.87. The molecule has 168 valence electrons. The first-order valence-electron chi connectivity index (χ1n) is 10.4. The zero-order valence-corrected chi connectivity index (χ0v) is 19.7. The van der Waals surface area contributed by atoms with Gasteiger partial charge in [0.05, 0.1) is 5.69 Å². The quantitative estimate of drug-likeness (QED) is 0.349. The summed E-state index contributed by atoms with van der Waals surface area (Å²) < 4.78 is 6.60. The van der Waals surface area contributed by atoms with Crippen LogP contribution in [0.15, 0.2) is 65.4 Å². The lowest BCUT2D eigenvalue weighted by atomic mass is 10.3. The molecule has 0 fully saturated rings. The van der Waals surface area contributed by atoms with Gasteiger partial charge < -0.3 is 20.3 Å². The second-order valence-corrected chi connectivity index (χ2v) is 7.73. The monoisotopic (exact) mass is 498 g/mol. The predicted octanol–water partition coefficient (Wildman–Crippen LogP) is 5.35. The highest BCUT2D eigenvalue weighted by atomic mass is 79.9. The van der Waals surface area contributed by atoms with Crippen molar-refractivity contribution in [1.29, 1.82) is 0 Å². The summed E-state index contributed by atoms with van der Waals surface area (Å²) in [6.07, 6.45) is 1.39. The predicted molar refractivity (Wildman–Crippen MR) is 132 cm³/mol. The molecule has 1 aromatic heterocycles. The fourth-order valence-corrected chi connectivity index (χ4v) is 3.33. The van der Waals surface area contributed by atoms with E-state index in [9.17, 15) is 4.79 Å². The van der Waals surface area contributed by atoms with Crippen LogP contribution in [-0.2, 0) is 0 Å². The van der Waals surface area contributed by atoms with E-state index in [1.165, 1.54) is 6.33 Å². The molecule has 2 amide bonds. The van der Waals surface area contributed by atoms with Crippen LogP contribution in [0.2, 0.25) is 0 Å². The first-order chi connectivity index (χ1) is 15.6. The molecule has 3 rings (SSSR count). The van der Waals surface area contributed by atoms with Crippen LogP contribution in [-0.4, -0.2) is 47.1 Å². The lowest BCUT2D eigenvalue weighted by molar-refractivity contribution is 0.223. The molecule has 0 radical (unpaired) electrons. The largest absolute Gasteiger partial charge is 0.492 e. The van der Waals surface area contributed by atoms with Crippen molar-refractivity contribution in [2.45, 2.75) is 13.8 Å². The number of benzene rings is 2. The molecular weight excluding hydrogens is 472 g/mol. The molecule has 0 atom stereocenters. The summed E-state index contributed by atoms with van der Waals surface area (Å²) >= 11 is 3.40. The average Bonchev–Trinajstić information content (AvgIpc) is 2.80. The third kappa shape index (κ3) is 7.21. The summed E-state index contributed by atoms with van der Waals surface area (Å²) in [5.41, 5.74) is 1.51. The van der Waals surface area contributed by atoms with Crippen molar-refractivity contribution in [2.24, 2.45) is 0 Å². The molecule has 0 saturated carbocycles. The summed E-state index contributed by atoms with van der Waals surface area (Å²) in [5, 5.41) is 8.68. The molecule has 0 saturated heterocycles. The van der Waals surface area contributed by atoms with Crippen LogP contribution >= 0.6 is 15.9 Å². The number of nitrogens with zero attached hydrogens (tertiary/aromatic N) is 3. The van der Waals surface area contributed by atoms with Crippen molar-refractivity contribution in [1.82, 2.24) is 14.9 Å². The van der Waals surface area contributed by atoms with Gasteiger partial charge in [0.1, 0.15) is 30.3 Å². The number of halogens is 1. The Bertz CT molecular complexity index is 1010. The van der Waals surface area contributed by atoms with Crippen LogP contribution < -0.4 is 20.7 Å². The van der Waals surface area contributed by atoms with Crippen LogP contribution in [0.1, 0.15) is 13.8 Å². The van der Waals surface area contributed by atoms with Gasteiger partial charge in [0.15, 0.2) is 0 Å². The van der Waals surface area contributed by atoms with E-state index in [1.807, 2.05) is 42.5 Å². The standard InChI is InChI=1S/C23H27BrN6O2/c1-3-30(4-2)13-14-32-18-11-9-17(10-12-18)27-21-15-22(26-16-25-21)29-23(31)28-20-8-6-5-7-19(20)24/h5-12,15-16H,3-4,13-14H2,1-2H3,(H3,25,26,27,28,29,31). The minimum absolute atomic E-state index is 0.378. The molecule has 0 aliphatic rings. The molecule has 1 heterocycles. The Labute approximate surface area is 196 Å². The molecule has 9 heteroatoms. The van der Waals surface area contributed by atoms with E-state index in [4.69, 9.17) is 4.74 Å². The van der Waals surface area contributed by atoms with Crippen molar-refractivity contribution in [3.63, 3.8) is 0 Å². The van der Waals surface area contributed by atoms with Gasteiger partial charge >= 0.3 is 6.03 Å². The number of urea groups is 1. The maximum Gasteiger partial charge on any atom is 0.324 e. The smallest absolute Gasteiger partial charge is 0.324 e. The first kappa shape index (κ1) is 23.5. The number of carbonyl (C=O) groups excluding carboxylic acids is 1. The Morgan fingerprint density at radius 1 is 1.00 bits per heavy atom. The lowest BCUT2D eigenvalue weighted by Gasteiger charge is -2.18. The zero-order valence-electron chi connectivity index (χ0n) is 18.1. The average molecular weight is 499 g/mol. The molecule has 0 aliphatic heterocycles. The number of likely N-dealkylation sites (N-methyl/N-ethyl adjacent to an activating group) is 1. The van der Waals surface area contributed by atoms with Gasteiger partial charge in [-0.3, -0.25) is 5.32 Å². The van der Waals surface area contributed by atoms with E-state index in [1.54, 1.807) is 12.1 Å². The van der Waals surface area contributed by atoms with E-state index in [0.29, 0.717) is 23.9 Å². The molecular formula is C23H27BrN6O2. The molecule has 32 heavy (non-hydrogen) atoms. The van der Waals surface area contributed by atoms with Crippen molar-refractivity contribution in [3.05, 3.63) is 65.4 Å². The zero-order chi connectivity index (χ0) is 22.8. The second kappa shape index (κ2) is 12.0. The Balaban J connectivity index is 1.53. The van der Waals surface area contributed by atoms with Crippen LogP contribution in [0.4, 0.5) is 27.8 Å². The fourth-order valence-electron chi connectivity index (χ4n) is 2.94. The summed E-state index contributed by atoms with van der Waals surface area (Å²) in [5.74, 6) is 1.76. The van der Waals surface area contributed by atoms with Gasteiger partial charge in [-0.15, -0.1) is 0 Å². The van der Waals surface area contributed by atoms with E-state index in [0.717, 1.165) is 35.5 Å². The SMILES string of the molecule is CCN(CC)CCOc1ccc(Nc2cc(NC(=O)Nc3ccccc3Br)ncn2)cc1. The number of amides is 2. The highest BCUT2D eigenvalue weighted by molar-refractivity contribution is 9.10. The fraction of sp³-hybridized carbons (Fsp3) is 0.261. The topological polar surface area (TPSA) is 91.4 Å². The van der Waals surface area contributed by atoms with Gasteiger partial charge in [-0.25, -0.2) is 14.8 Å². The van der Waals surface area contributed by atoms with Crippen LogP contribution in [0.5, 0.6) is 5.75 Å². The van der Waals surface area contributed by atoms with Crippen molar-refractivity contribution >= 4 is 45.0 Å². The number of hydrogen-bond acceptors (Lipinski definition) is 6. The number of ether oxygens (including phenoxy) is 1. The molecule has 0 bridgehead atoms. The van der Waals surface area contributed by atoms with Crippen LogP contribution in [0, 0.1) is 0 Å². The highest BCUT2D eigenvalue weighted by Crippen LogP contribution is 2.22. The van der Waals surface area contributed by atoms with E-state index in [-0.39, 0.29) is 0 Å². The Kier molecular flexibility index (Phi) is 8.82. The first-order valence-corrected chi connectivity index (χ1v) is 11.2. The highest BCUT2D eigenvalue weighted by Gasteiger charge is 2.07. The number of anilines is 4. The summed E-state index contributed by atoms with van der Waals surface area (Å²) in [6.45, 7) is 7.88. The Morgan fingerprint density at radius 2 is 1.72 bits per heavy atom. The van der Waals surface area contributed by atoms with Crippen LogP contribution in [0.3, 0.4) is 0 Å². The summed E-state index contributed by atoms with van der Waals surface area (Å²) in [6, 6.07) is 16.3. The van der Waals surface area contributed by atoms with Gasteiger partial charge in [-0.2, -0.15) is 0 Å². The maximum absolute atomic E-state index is 12.3. The molecule has 8 nitrogen and oxygen atoms in total. The Hall–Kier alpha value is -3.17. The minimum Gasteiger partial charge on any atom is -0.492 e. The van der Waals surface area contributed by atoms with Gasteiger partial charge in [0, 0.05) is 22.8 Å². The third-order valence-electron chi connectivity index (χ3n) is 4.73. The van der Waals surface area contributed by atoms with E-state index >= 15 is 0 Å². The van der Waals surface area contributed by atoms with Gasteiger partial charge in [0.2, 0.25) is 0 Å².